The number of thiazole rings is 1. The summed E-state index contributed by atoms with van der Waals surface area (Å²) in [4.78, 5) is 33.3. The molecule has 5 rings (SSSR count). The van der Waals surface area contributed by atoms with Gasteiger partial charge in [0.2, 0.25) is 0 Å². The monoisotopic (exact) mass is 568 g/mol. The maximum Gasteiger partial charge on any atom is 0.296 e. The zero-order chi connectivity index (χ0) is 28.9. The van der Waals surface area contributed by atoms with Crippen molar-refractivity contribution in [2.75, 3.05) is 18.1 Å². The van der Waals surface area contributed by atoms with Crippen molar-refractivity contribution in [3.05, 3.63) is 101 Å². The van der Waals surface area contributed by atoms with Crippen LogP contribution in [0.1, 0.15) is 44.4 Å². The van der Waals surface area contributed by atoms with Gasteiger partial charge in [0.1, 0.15) is 11.5 Å². The van der Waals surface area contributed by atoms with Crippen LogP contribution in [0.5, 0.6) is 11.5 Å². The number of hydrogen-bond donors (Lipinski definition) is 1. The highest BCUT2D eigenvalue weighted by Gasteiger charge is 2.45. The Morgan fingerprint density at radius 1 is 1.05 bits per heavy atom. The number of aliphatic hydroxyl groups is 1. The second-order valence-corrected chi connectivity index (χ2v) is 11.1. The molecule has 1 amide bonds. The molecule has 0 fully saturated rings. The highest BCUT2D eigenvalue weighted by molar-refractivity contribution is 7.22. The summed E-state index contributed by atoms with van der Waals surface area (Å²) < 4.78 is 12.4. The fourth-order valence-corrected chi connectivity index (χ4v) is 5.66. The molecule has 0 radical (unpaired) electrons. The number of rotatable bonds is 11. The van der Waals surface area contributed by atoms with E-state index in [9.17, 15) is 14.7 Å². The molecule has 1 unspecified atom stereocenters. The number of fused-ring (bicyclic) bond motifs is 1. The van der Waals surface area contributed by atoms with E-state index in [4.69, 9.17) is 14.5 Å². The molecule has 1 N–H and O–H groups in total. The molecular formula is C33H32N2O5S. The number of ketones is 1. The van der Waals surface area contributed by atoms with Crippen LogP contribution in [-0.4, -0.2) is 35.0 Å². The van der Waals surface area contributed by atoms with E-state index in [1.165, 1.54) is 22.3 Å². The Morgan fingerprint density at radius 2 is 1.83 bits per heavy atom. The second kappa shape index (κ2) is 12.4. The second-order valence-electron chi connectivity index (χ2n) is 10.1. The third-order valence-corrected chi connectivity index (χ3v) is 7.72. The lowest BCUT2D eigenvalue weighted by atomic mass is 9.95. The predicted molar refractivity (Wildman–Crippen MR) is 163 cm³/mol. The number of benzene rings is 3. The topological polar surface area (TPSA) is 89.0 Å². The lowest BCUT2D eigenvalue weighted by Gasteiger charge is -2.24. The largest absolute Gasteiger partial charge is 0.503 e. The number of aromatic nitrogens is 1. The van der Waals surface area contributed by atoms with Crippen LogP contribution in [0.15, 0.2) is 90.2 Å². The number of carbonyl (C=O) groups excluding carboxylic acids is 2. The van der Waals surface area contributed by atoms with E-state index in [0.29, 0.717) is 46.8 Å². The van der Waals surface area contributed by atoms with Crippen LogP contribution < -0.4 is 14.4 Å². The molecule has 0 bridgehead atoms. The first-order valence-corrected chi connectivity index (χ1v) is 14.5. The van der Waals surface area contributed by atoms with Gasteiger partial charge < -0.3 is 14.6 Å². The molecule has 210 valence electrons. The molecule has 4 aromatic rings. The predicted octanol–water partition coefficient (Wildman–Crippen LogP) is 7.30. The van der Waals surface area contributed by atoms with Crippen molar-refractivity contribution in [1.29, 1.82) is 0 Å². The van der Waals surface area contributed by atoms with Crippen LogP contribution in [-0.2, 0) is 9.59 Å². The van der Waals surface area contributed by atoms with Gasteiger partial charge in [0.05, 0.1) is 35.0 Å². The maximum atomic E-state index is 13.6. The zero-order valence-electron chi connectivity index (χ0n) is 23.2. The van der Waals surface area contributed by atoms with Gasteiger partial charge in [0, 0.05) is 0 Å². The highest BCUT2D eigenvalue weighted by atomic mass is 32.1. The van der Waals surface area contributed by atoms with Crippen LogP contribution >= 0.6 is 11.3 Å². The van der Waals surface area contributed by atoms with E-state index in [1.54, 1.807) is 6.08 Å². The number of nitrogens with zero attached hydrogens (tertiary/aromatic N) is 2. The molecule has 1 aliphatic rings. The Hall–Kier alpha value is -4.43. The van der Waals surface area contributed by atoms with Gasteiger partial charge in [0.15, 0.2) is 16.7 Å². The van der Waals surface area contributed by atoms with Crippen LogP contribution in [0, 0.1) is 5.92 Å². The summed E-state index contributed by atoms with van der Waals surface area (Å²) in [5.74, 6) is 0.0922. The van der Waals surface area contributed by atoms with Gasteiger partial charge >= 0.3 is 0 Å². The number of amides is 1. The number of aliphatic hydroxyl groups excluding tert-OH is 1. The normalized spacial score (nSPS) is 15.5. The number of carbonyl (C=O) groups is 2. The SMILES string of the molecule is CCOc1ccc2nc(N3C(=O)C(O)=C(C(=O)/C=C/c4ccccc4)C3c3cccc(OCCC(C)C)c3)sc2c1. The van der Waals surface area contributed by atoms with Crippen LogP contribution in [0.3, 0.4) is 0 Å². The van der Waals surface area contributed by atoms with E-state index in [0.717, 1.165) is 16.7 Å². The fourth-order valence-electron chi connectivity index (χ4n) is 4.63. The van der Waals surface area contributed by atoms with Crippen LogP contribution in [0.25, 0.3) is 16.3 Å². The van der Waals surface area contributed by atoms with Crippen molar-refractivity contribution in [2.45, 2.75) is 33.2 Å². The van der Waals surface area contributed by atoms with Crippen molar-refractivity contribution in [3.8, 4) is 11.5 Å². The smallest absolute Gasteiger partial charge is 0.296 e. The minimum Gasteiger partial charge on any atom is -0.503 e. The molecule has 2 heterocycles. The lowest BCUT2D eigenvalue weighted by Crippen LogP contribution is -2.30. The average molecular weight is 569 g/mol. The van der Waals surface area contributed by atoms with Gasteiger partial charge in [-0.25, -0.2) is 4.98 Å². The molecule has 3 aromatic carbocycles. The van der Waals surface area contributed by atoms with Gasteiger partial charge in [-0.05, 0) is 66.8 Å². The highest BCUT2D eigenvalue weighted by Crippen LogP contribution is 2.44. The van der Waals surface area contributed by atoms with E-state index in [-0.39, 0.29) is 5.57 Å². The summed E-state index contributed by atoms with van der Waals surface area (Å²) in [6.07, 6.45) is 3.95. The standard InChI is InChI=1S/C33H32N2O5S/c1-4-39-25-14-15-26-28(20-25)41-33(34-26)35-30(23-11-8-12-24(19-23)40-18-17-21(2)3)29(31(37)32(35)38)27(36)16-13-22-9-6-5-7-10-22/h5-16,19-21,30,37H,4,17-18H2,1-3H3/b16-13+. The van der Waals surface area contributed by atoms with E-state index in [1.807, 2.05) is 79.7 Å². The van der Waals surface area contributed by atoms with Gasteiger partial charge in [-0.2, -0.15) is 0 Å². The Labute approximate surface area is 243 Å². The first-order valence-electron chi connectivity index (χ1n) is 13.7. The Kier molecular flexibility index (Phi) is 8.50. The molecular weight excluding hydrogens is 536 g/mol. The molecule has 0 spiro atoms. The quantitative estimate of drug-likeness (QED) is 0.191. The summed E-state index contributed by atoms with van der Waals surface area (Å²) in [7, 11) is 0. The number of ether oxygens (including phenoxy) is 2. The molecule has 0 saturated heterocycles. The lowest BCUT2D eigenvalue weighted by molar-refractivity contribution is -0.117. The summed E-state index contributed by atoms with van der Waals surface area (Å²) >= 11 is 1.30. The first kappa shape index (κ1) is 28.1. The average Bonchev–Trinajstić information content (AvgIpc) is 3.50. The molecule has 8 heteroatoms. The van der Waals surface area contributed by atoms with Gasteiger partial charge in [0.25, 0.3) is 5.91 Å². The molecule has 0 aliphatic carbocycles. The van der Waals surface area contributed by atoms with Crippen LogP contribution in [0.2, 0.25) is 0 Å². The third kappa shape index (κ3) is 6.18. The van der Waals surface area contributed by atoms with Gasteiger partial charge in [-0.1, -0.05) is 73.7 Å². The Bertz CT molecular complexity index is 1620. The summed E-state index contributed by atoms with van der Waals surface area (Å²) in [6.45, 7) is 7.24. The molecule has 1 aromatic heterocycles. The van der Waals surface area contributed by atoms with Crippen molar-refractivity contribution in [2.24, 2.45) is 5.92 Å². The zero-order valence-corrected chi connectivity index (χ0v) is 24.1. The third-order valence-electron chi connectivity index (χ3n) is 6.70. The fraction of sp³-hybridized carbons (Fsp3) is 0.242. The Morgan fingerprint density at radius 3 is 2.59 bits per heavy atom. The minimum absolute atomic E-state index is 0.00391. The number of hydrogen-bond acceptors (Lipinski definition) is 7. The number of allylic oxidation sites excluding steroid dienone is 1. The van der Waals surface area contributed by atoms with Crippen LogP contribution in [0.4, 0.5) is 5.13 Å². The molecule has 0 saturated carbocycles. The summed E-state index contributed by atoms with van der Waals surface area (Å²) in [5, 5.41) is 11.5. The van der Waals surface area contributed by atoms with Gasteiger partial charge in [-0.15, -0.1) is 0 Å². The summed E-state index contributed by atoms with van der Waals surface area (Å²) in [5.41, 5.74) is 2.15. The molecule has 41 heavy (non-hydrogen) atoms. The minimum atomic E-state index is -0.893. The van der Waals surface area contributed by atoms with E-state index < -0.39 is 23.5 Å². The van der Waals surface area contributed by atoms with E-state index in [2.05, 4.69) is 13.8 Å². The van der Waals surface area contributed by atoms with Crippen molar-refractivity contribution < 1.29 is 24.2 Å². The Balaban J connectivity index is 1.56. The van der Waals surface area contributed by atoms with E-state index >= 15 is 0 Å². The van der Waals surface area contributed by atoms with Crippen molar-refractivity contribution in [3.63, 3.8) is 0 Å². The molecule has 1 atom stereocenters. The van der Waals surface area contributed by atoms with Gasteiger partial charge in [-0.3, -0.25) is 14.5 Å². The molecule has 7 nitrogen and oxygen atoms in total. The first-order chi connectivity index (χ1) is 19.9. The maximum absolute atomic E-state index is 13.6. The summed E-state index contributed by atoms with van der Waals surface area (Å²) in [6, 6.07) is 21.3. The van der Waals surface area contributed by atoms with Crippen molar-refractivity contribution in [1.82, 2.24) is 4.98 Å². The molecule has 1 aliphatic heterocycles. The van der Waals surface area contributed by atoms with Crippen molar-refractivity contribution >= 4 is 44.5 Å². The number of anilines is 1.